The number of rotatable bonds is 2. The molecule has 2 aliphatic carbocycles. The first-order valence-corrected chi connectivity index (χ1v) is 5.71. The Morgan fingerprint density at radius 2 is 1.00 bits per heavy atom. The molecule has 0 aromatic rings. The summed E-state index contributed by atoms with van der Waals surface area (Å²) in [6, 6.07) is 1.76. The highest BCUT2D eigenvalue weighted by atomic mass is 15.0. The van der Waals surface area contributed by atoms with Crippen LogP contribution in [0.1, 0.15) is 57.8 Å². The minimum atomic E-state index is 0.877. The van der Waals surface area contributed by atoms with Gasteiger partial charge in [0.1, 0.15) is 0 Å². The van der Waals surface area contributed by atoms with Gasteiger partial charge in [0.15, 0.2) is 0 Å². The Morgan fingerprint density at radius 1 is 0.583 bits per heavy atom. The summed E-state index contributed by atoms with van der Waals surface area (Å²) >= 11 is 0. The van der Waals surface area contributed by atoms with E-state index in [1.165, 1.54) is 57.8 Å². The second-order valence-electron chi connectivity index (χ2n) is 4.48. The van der Waals surface area contributed by atoms with Crippen molar-refractivity contribution in [1.29, 1.82) is 0 Å². The van der Waals surface area contributed by atoms with Gasteiger partial charge in [0.2, 0.25) is 0 Å². The second-order valence-corrected chi connectivity index (χ2v) is 4.48. The third-order valence-corrected chi connectivity index (χ3v) is 3.43. The Morgan fingerprint density at radius 3 is 1.50 bits per heavy atom. The molecule has 12 heavy (non-hydrogen) atoms. The summed E-state index contributed by atoms with van der Waals surface area (Å²) in [7, 11) is 0. The van der Waals surface area contributed by atoms with E-state index < -0.39 is 0 Å². The minimum Gasteiger partial charge on any atom is -0.311 e. The maximum atomic E-state index is 3.82. The fourth-order valence-electron chi connectivity index (χ4n) is 2.70. The van der Waals surface area contributed by atoms with E-state index in [0.717, 1.165) is 12.1 Å². The van der Waals surface area contributed by atoms with E-state index in [-0.39, 0.29) is 0 Å². The van der Waals surface area contributed by atoms with Gasteiger partial charge in [-0.15, -0.1) is 0 Å². The summed E-state index contributed by atoms with van der Waals surface area (Å²) < 4.78 is 0. The molecule has 0 unspecified atom stereocenters. The molecule has 0 aromatic carbocycles. The van der Waals surface area contributed by atoms with E-state index in [1.807, 2.05) is 0 Å². The van der Waals surface area contributed by atoms with Crippen molar-refractivity contribution in [2.45, 2.75) is 69.9 Å². The largest absolute Gasteiger partial charge is 0.311 e. The van der Waals surface area contributed by atoms with E-state index in [4.69, 9.17) is 0 Å². The molecule has 2 saturated carbocycles. The first kappa shape index (κ1) is 8.55. The minimum absolute atomic E-state index is 0.877. The number of hydrogen-bond donors (Lipinski definition) is 1. The van der Waals surface area contributed by atoms with Gasteiger partial charge in [-0.2, -0.15) is 0 Å². The van der Waals surface area contributed by atoms with Crippen molar-refractivity contribution in [2.24, 2.45) is 0 Å². The smallest absolute Gasteiger partial charge is 0.00696 e. The van der Waals surface area contributed by atoms with E-state index >= 15 is 0 Å². The molecule has 2 aliphatic rings. The summed E-state index contributed by atoms with van der Waals surface area (Å²) in [4.78, 5) is 0. The van der Waals surface area contributed by atoms with Crippen LogP contribution in [0, 0.1) is 0 Å². The molecule has 0 saturated heterocycles. The van der Waals surface area contributed by atoms with Gasteiger partial charge in [-0.05, 0) is 25.7 Å². The molecule has 0 aromatic heterocycles. The van der Waals surface area contributed by atoms with Crippen LogP contribution in [-0.2, 0) is 0 Å². The Kier molecular flexibility index (Phi) is 3.04. The third-order valence-electron chi connectivity index (χ3n) is 3.43. The van der Waals surface area contributed by atoms with Gasteiger partial charge in [-0.25, -0.2) is 0 Å². The van der Waals surface area contributed by atoms with Gasteiger partial charge in [-0.1, -0.05) is 32.1 Å². The zero-order valence-corrected chi connectivity index (χ0v) is 8.02. The Balaban J connectivity index is 1.69. The van der Waals surface area contributed by atoms with Gasteiger partial charge in [0, 0.05) is 12.1 Å². The fourth-order valence-corrected chi connectivity index (χ4v) is 2.70. The molecule has 2 fully saturated rings. The van der Waals surface area contributed by atoms with Crippen molar-refractivity contribution >= 4 is 0 Å². The molecule has 1 nitrogen and oxygen atoms in total. The standard InChI is InChI=1S/C11H21N/c1-2-6-10(7-3-1)12-11-8-4-5-9-11/h10-12H,1-9H2. The number of hydrogen-bond acceptors (Lipinski definition) is 1. The van der Waals surface area contributed by atoms with Gasteiger partial charge in [0.25, 0.3) is 0 Å². The lowest BCUT2D eigenvalue weighted by Gasteiger charge is -2.26. The van der Waals surface area contributed by atoms with Gasteiger partial charge in [0.05, 0.1) is 0 Å². The van der Waals surface area contributed by atoms with Crippen molar-refractivity contribution in [3.05, 3.63) is 0 Å². The summed E-state index contributed by atoms with van der Waals surface area (Å²) in [5, 5.41) is 3.82. The van der Waals surface area contributed by atoms with Crippen LogP contribution in [0.25, 0.3) is 0 Å². The average molecular weight is 167 g/mol. The van der Waals surface area contributed by atoms with E-state index in [0.29, 0.717) is 0 Å². The van der Waals surface area contributed by atoms with Crippen LogP contribution in [0.3, 0.4) is 0 Å². The molecular formula is C11H21N. The molecule has 1 N–H and O–H groups in total. The predicted molar refractivity (Wildman–Crippen MR) is 52.3 cm³/mol. The highest BCUT2D eigenvalue weighted by Crippen LogP contribution is 2.22. The van der Waals surface area contributed by atoms with Crippen molar-refractivity contribution in [3.63, 3.8) is 0 Å². The van der Waals surface area contributed by atoms with Crippen molar-refractivity contribution in [1.82, 2.24) is 5.32 Å². The van der Waals surface area contributed by atoms with Crippen LogP contribution < -0.4 is 5.32 Å². The Hall–Kier alpha value is -0.0400. The lowest BCUT2D eigenvalue weighted by Crippen LogP contribution is -2.37. The number of nitrogens with one attached hydrogen (secondary N) is 1. The lowest BCUT2D eigenvalue weighted by molar-refractivity contribution is 0.337. The van der Waals surface area contributed by atoms with E-state index in [2.05, 4.69) is 5.32 Å². The predicted octanol–water partition coefficient (Wildman–Crippen LogP) is 2.85. The van der Waals surface area contributed by atoms with Gasteiger partial charge in [-0.3, -0.25) is 0 Å². The van der Waals surface area contributed by atoms with Crippen LogP contribution >= 0.6 is 0 Å². The summed E-state index contributed by atoms with van der Waals surface area (Å²) in [6.07, 6.45) is 13.1. The first-order valence-electron chi connectivity index (χ1n) is 5.71. The molecule has 0 heterocycles. The van der Waals surface area contributed by atoms with Crippen molar-refractivity contribution < 1.29 is 0 Å². The molecule has 0 radical (unpaired) electrons. The van der Waals surface area contributed by atoms with Crippen molar-refractivity contribution in [3.8, 4) is 0 Å². The normalized spacial score (nSPS) is 28.0. The van der Waals surface area contributed by atoms with E-state index in [1.54, 1.807) is 0 Å². The topological polar surface area (TPSA) is 12.0 Å². The molecule has 2 rings (SSSR count). The summed E-state index contributed by atoms with van der Waals surface area (Å²) in [5.74, 6) is 0. The molecule has 0 bridgehead atoms. The quantitative estimate of drug-likeness (QED) is 0.667. The lowest BCUT2D eigenvalue weighted by atomic mass is 9.95. The molecule has 70 valence electrons. The maximum absolute atomic E-state index is 3.82. The summed E-state index contributed by atoms with van der Waals surface area (Å²) in [5.41, 5.74) is 0. The zero-order chi connectivity index (χ0) is 8.23. The van der Waals surface area contributed by atoms with Gasteiger partial charge < -0.3 is 5.32 Å². The van der Waals surface area contributed by atoms with E-state index in [9.17, 15) is 0 Å². The van der Waals surface area contributed by atoms with Crippen molar-refractivity contribution in [2.75, 3.05) is 0 Å². The van der Waals surface area contributed by atoms with Crippen LogP contribution in [0.2, 0.25) is 0 Å². The molecule has 0 spiro atoms. The molecule has 0 amide bonds. The molecule has 0 aliphatic heterocycles. The third kappa shape index (κ3) is 2.22. The monoisotopic (exact) mass is 167 g/mol. The molecular weight excluding hydrogens is 146 g/mol. The first-order chi connectivity index (χ1) is 5.95. The summed E-state index contributed by atoms with van der Waals surface area (Å²) in [6.45, 7) is 0. The van der Waals surface area contributed by atoms with Gasteiger partial charge >= 0.3 is 0 Å². The molecule has 0 atom stereocenters. The SMILES string of the molecule is C1CCC(NC2CCCC2)CC1. The van der Waals surface area contributed by atoms with Crippen LogP contribution in [0.4, 0.5) is 0 Å². The Labute approximate surface area is 75.9 Å². The van der Waals surface area contributed by atoms with Crippen LogP contribution in [0.5, 0.6) is 0 Å². The highest BCUT2D eigenvalue weighted by molar-refractivity contribution is 4.80. The maximum Gasteiger partial charge on any atom is 0.00696 e. The average Bonchev–Trinajstić information content (AvgIpc) is 2.59. The Bertz CT molecular complexity index is 121. The highest BCUT2D eigenvalue weighted by Gasteiger charge is 2.20. The van der Waals surface area contributed by atoms with Crippen LogP contribution in [-0.4, -0.2) is 12.1 Å². The van der Waals surface area contributed by atoms with Crippen LogP contribution in [0.15, 0.2) is 0 Å². The zero-order valence-electron chi connectivity index (χ0n) is 8.02. The second kappa shape index (κ2) is 4.27. The molecule has 1 heteroatoms. The fraction of sp³-hybridized carbons (Fsp3) is 1.00.